The Kier molecular flexibility index (Phi) is 5.78. The summed E-state index contributed by atoms with van der Waals surface area (Å²) >= 11 is 5.81. The van der Waals surface area contributed by atoms with Crippen LogP contribution in [0.3, 0.4) is 0 Å². The number of pyridine rings is 1. The number of aromatic nitrogens is 1. The maximum absolute atomic E-state index is 12.2. The summed E-state index contributed by atoms with van der Waals surface area (Å²) in [5.74, 6) is 0.397. The van der Waals surface area contributed by atoms with E-state index in [4.69, 9.17) is 21.1 Å². The second kappa shape index (κ2) is 8.42. The first-order chi connectivity index (χ1) is 13.0. The van der Waals surface area contributed by atoms with Crippen molar-refractivity contribution >= 4 is 23.2 Å². The third-order valence-corrected chi connectivity index (χ3v) is 4.00. The number of rotatable bonds is 6. The van der Waals surface area contributed by atoms with E-state index in [0.29, 0.717) is 16.5 Å². The van der Waals surface area contributed by atoms with Gasteiger partial charge in [0.2, 0.25) is 5.43 Å². The van der Waals surface area contributed by atoms with Crippen molar-refractivity contribution < 1.29 is 14.3 Å². The van der Waals surface area contributed by atoms with Crippen molar-refractivity contribution in [3.8, 4) is 11.5 Å². The van der Waals surface area contributed by atoms with Gasteiger partial charge in [0.25, 0.3) is 5.91 Å². The van der Waals surface area contributed by atoms with Gasteiger partial charge in [0.1, 0.15) is 18.1 Å². The van der Waals surface area contributed by atoms with E-state index in [-0.39, 0.29) is 18.1 Å². The van der Waals surface area contributed by atoms with E-state index in [1.165, 1.54) is 12.3 Å². The van der Waals surface area contributed by atoms with Gasteiger partial charge in [0, 0.05) is 23.0 Å². The van der Waals surface area contributed by atoms with E-state index in [0.717, 1.165) is 5.56 Å². The van der Waals surface area contributed by atoms with Gasteiger partial charge in [0.15, 0.2) is 5.75 Å². The Morgan fingerprint density at radius 1 is 1.15 bits per heavy atom. The van der Waals surface area contributed by atoms with Crippen molar-refractivity contribution in [3.05, 3.63) is 87.3 Å². The fourth-order valence-corrected chi connectivity index (χ4v) is 2.48. The number of carbonyl (C=O) groups is 1. The Labute approximate surface area is 160 Å². The molecule has 7 heteroatoms. The molecule has 0 saturated carbocycles. The Morgan fingerprint density at radius 2 is 1.93 bits per heavy atom. The number of aromatic amines is 1. The minimum Gasteiger partial charge on any atom is -0.497 e. The lowest BCUT2D eigenvalue weighted by Crippen LogP contribution is -2.17. The summed E-state index contributed by atoms with van der Waals surface area (Å²) in [5.41, 5.74) is 1.17. The third-order valence-electron chi connectivity index (χ3n) is 3.75. The Bertz CT molecular complexity index is 999. The average molecular weight is 385 g/mol. The highest BCUT2D eigenvalue weighted by molar-refractivity contribution is 6.30. The van der Waals surface area contributed by atoms with Gasteiger partial charge in [-0.25, -0.2) is 0 Å². The molecule has 2 N–H and O–H groups in total. The van der Waals surface area contributed by atoms with E-state index in [9.17, 15) is 9.59 Å². The minimum absolute atomic E-state index is 0.126. The summed E-state index contributed by atoms with van der Waals surface area (Å²) in [6.45, 7) is 0.205. The largest absolute Gasteiger partial charge is 0.497 e. The number of anilines is 1. The van der Waals surface area contributed by atoms with Crippen LogP contribution in [0.4, 0.5) is 5.69 Å². The van der Waals surface area contributed by atoms with Crippen molar-refractivity contribution in [2.24, 2.45) is 0 Å². The highest BCUT2D eigenvalue weighted by Gasteiger charge is 2.10. The topological polar surface area (TPSA) is 80.4 Å². The van der Waals surface area contributed by atoms with Crippen LogP contribution in [0.15, 0.2) is 65.6 Å². The van der Waals surface area contributed by atoms with E-state index < -0.39 is 11.3 Å². The lowest BCUT2D eigenvalue weighted by atomic mass is 10.2. The van der Waals surface area contributed by atoms with Crippen molar-refractivity contribution in [2.75, 3.05) is 12.4 Å². The van der Waals surface area contributed by atoms with Crippen LogP contribution in [0.5, 0.6) is 11.5 Å². The number of H-pyrrole nitrogens is 1. The molecule has 0 unspecified atom stereocenters. The number of ether oxygens (including phenoxy) is 2. The molecular formula is C20H17ClN2O4. The molecule has 1 heterocycles. The van der Waals surface area contributed by atoms with Crippen molar-refractivity contribution in [1.29, 1.82) is 0 Å². The molecule has 0 saturated heterocycles. The summed E-state index contributed by atoms with van der Waals surface area (Å²) < 4.78 is 10.7. The molecular weight excluding hydrogens is 368 g/mol. The summed E-state index contributed by atoms with van der Waals surface area (Å²) in [6, 6.07) is 15.2. The van der Waals surface area contributed by atoms with E-state index in [1.807, 2.05) is 24.3 Å². The number of benzene rings is 2. The Morgan fingerprint density at radius 3 is 2.63 bits per heavy atom. The first kappa shape index (κ1) is 18.5. The second-order valence-electron chi connectivity index (χ2n) is 5.68. The van der Waals surface area contributed by atoms with Crippen LogP contribution < -0.4 is 20.2 Å². The standard InChI is InChI=1S/C20H17ClN2O4/c1-26-16-4-2-3-13(9-16)12-27-19-11-22-17(10-18(19)24)20(25)23-15-7-5-14(21)6-8-15/h2-11H,12H2,1H3,(H,22,24)(H,23,25). The van der Waals surface area contributed by atoms with Crippen LogP contribution in [0.1, 0.15) is 16.1 Å². The van der Waals surface area contributed by atoms with Crippen molar-refractivity contribution in [3.63, 3.8) is 0 Å². The molecule has 1 amide bonds. The van der Waals surface area contributed by atoms with E-state index >= 15 is 0 Å². The van der Waals surface area contributed by atoms with Gasteiger partial charge >= 0.3 is 0 Å². The zero-order valence-electron chi connectivity index (χ0n) is 14.5. The molecule has 6 nitrogen and oxygen atoms in total. The van der Waals surface area contributed by atoms with Gasteiger partial charge in [-0.15, -0.1) is 0 Å². The minimum atomic E-state index is -0.436. The maximum atomic E-state index is 12.2. The van der Waals surface area contributed by atoms with Gasteiger partial charge in [-0.3, -0.25) is 9.59 Å². The molecule has 2 aromatic carbocycles. The number of amides is 1. The molecule has 0 bridgehead atoms. The van der Waals surface area contributed by atoms with Gasteiger partial charge in [0.05, 0.1) is 7.11 Å². The number of carbonyl (C=O) groups excluding carboxylic acids is 1. The molecule has 0 aliphatic rings. The lowest BCUT2D eigenvalue weighted by Gasteiger charge is -2.08. The quantitative estimate of drug-likeness (QED) is 0.676. The third kappa shape index (κ3) is 4.89. The zero-order chi connectivity index (χ0) is 19.2. The van der Waals surface area contributed by atoms with Gasteiger partial charge in [-0.2, -0.15) is 0 Å². The first-order valence-corrected chi connectivity index (χ1v) is 8.48. The normalized spacial score (nSPS) is 10.3. The zero-order valence-corrected chi connectivity index (χ0v) is 15.2. The number of halogens is 1. The molecule has 3 rings (SSSR count). The van der Waals surface area contributed by atoms with Crippen LogP contribution in [0, 0.1) is 0 Å². The Hall–Kier alpha value is -3.25. The van der Waals surface area contributed by atoms with Crippen LogP contribution in [0.2, 0.25) is 5.02 Å². The van der Waals surface area contributed by atoms with Gasteiger partial charge in [-0.1, -0.05) is 23.7 Å². The molecule has 138 valence electrons. The van der Waals surface area contributed by atoms with Gasteiger partial charge < -0.3 is 19.8 Å². The highest BCUT2D eigenvalue weighted by atomic mass is 35.5. The Balaban J connectivity index is 1.66. The smallest absolute Gasteiger partial charge is 0.272 e. The summed E-state index contributed by atoms with van der Waals surface area (Å²) in [6.07, 6.45) is 1.37. The average Bonchev–Trinajstić information content (AvgIpc) is 2.69. The van der Waals surface area contributed by atoms with E-state index in [1.54, 1.807) is 31.4 Å². The molecule has 0 aliphatic heterocycles. The van der Waals surface area contributed by atoms with Crippen molar-refractivity contribution in [2.45, 2.75) is 6.61 Å². The molecule has 3 aromatic rings. The summed E-state index contributed by atoms with van der Waals surface area (Å²) in [7, 11) is 1.58. The van der Waals surface area contributed by atoms with Crippen LogP contribution in [0.25, 0.3) is 0 Å². The molecule has 0 radical (unpaired) electrons. The molecule has 0 atom stereocenters. The number of methoxy groups -OCH3 is 1. The fraction of sp³-hybridized carbons (Fsp3) is 0.100. The number of hydrogen-bond donors (Lipinski definition) is 2. The number of hydrogen-bond acceptors (Lipinski definition) is 4. The van der Waals surface area contributed by atoms with Crippen LogP contribution in [-0.2, 0) is 6.61 Å². The fourth-order valence-electron chi connectivity index (χ4n) is 2.36. The SMILES string of the molecule is COc1cccc(COc2c[nH]c(C(=O)Nc3ccc(Cl)cc3)cc2=O)c1. The van der Waals surface area contributed by atoms with Crippen molar-refractivity contribution in [1.82, 2.24) is 4.98 Å². The summed E-state index contributed by atoms with van der Waals surface area (Å²) in [4.78, 5) is 27.2. The van der Waals surface area contributed by atoms with Gasteiger partial charge in [-0.05, 0) is 42.0 Å². The summed E-state index contributed by atoms with van der Waals surface area (Å²) in [5, 5.41) is 3.25. The second-order valence-corrected chi connectivity index (χ2v) is 6.11. The molecule has 0 aliphatic carbocycles. The highest BCUT2D eigenvalue weighted by Crippen LogP contribution is 2.16. The maximum Gasteiger partial charge on any atom is 0.272 e. The lowest BCUT2D eigenvalue weighted by molar-refractivity contribution is 0.102. The monoisotopic (exact) mass is 384 g/mol. The molecule has 27 heavy (non-hydrogen) atoms. The molecule has 0 fully saturated rings. The van der Waals surface area contributed by atoms with E-state index in [2.05, 4.69) is 10.3 Å². The molecule has 1 aromatic heterocycles. The predicted octanol–water partition coefficient (Wildman–Crippen LogP) is 3.87. The first-order valence-electron chi connectivity index (χ1n) is 8.10. The molecule has 0 spiro atoms. The van der Waals surface area contributed by atoms with Crippen LogP contribution in [-0.4, -0.2) is 18.0 Å². The predicted molar refractivity (Wildman–Crippen MR) is 104 cm³/mol. The van der Waals surface area contributed by atoms with Crippen LogP contribution >= 0.6 is 11.6 Å². The number of nitrogens with one attached hydrogen (secondary N) is 2.